The normalized spacial score (nSPS) is 12.9. The summed E-state index contributed by atoms with van der Waals surface area (Å²) in [6.45, 7) is 6.22. The molecule has 0 saturated heterocycles. The minimum Gasteiger partial charge on any atom is -0.387 e. The highest BCUT2D eigenvalue weighted by atomic mass is 32.1. The van der Waals surface area contributed by atoms with Crippen LogP contribution < -0.4 is 5.73 Å². The Morgan fingerprint density at radius 3 is 2.52 bits per heavy atom. The summed E-state index contributed by atoms with van der Waals surface area (Å²) in [7, 11) is 3.88. The molecule has 0 bridgehead atoms. The predicted octanol–water partition coefficient (Wildman–Crippen LogP) is 5.33. The number of rotatable bonds is 11. The van der Waals surface area contributed by atoms with Crippen LogP contribution in [0.3, 0.4) is 0 Å². The number of imidazole rings is 1. The number of aromatic nitrogens is 2. The molecule has 8 nitrogen and oxygen atoms in total. The maximum atomic E-state index is 13.3. The summed E-state index contributed by atoms with van der Waals surface area (Å²) in [6.07, 6.45) is 9.62. The minimum atomic E-state index is 0.0336. The fraction of sp³-hybridized carbons (Fsp3) is 0.323. The Hall–Kier alpha value is -4.11. The fourth-order valence-corrected chi connectivity index (χ4v) is 4.91. The Morgan fingerprint density at radius 1 is 1.12 bits per heavy atom. The molecule has 0 fully saturated rings. The van der Waals surface area contributed by atoms with Gasteiger partial charge < -0.3 is 15.2 Å². The van der Waals surface area contributed by atoms with Gasteiger partial charge in [-0.05, 0) is 47.7 Å². The van der Waals surface area contributed by atoms with Gasteiger partial charge in [-0.3, -0.25) is 9.80 Å². The first kappa shape index (κ1) is 28.9. The maximum Gasteiger partial charge on any atom is 0.250 e. The summed E-state index contributed by atoms with van der Waals surface area (Å²) in [6, 6.07) is 12.2. The van der Waals surface area contributed by atoms with Crippen molar-refractivity contribution in [2.75, 3.05) is 20.1 Å². The number of benzene rings is 2. The second kappa shape index (κ2) is 13.3. The van der Waals surface area contributed by atoms with Crippen molar-refractivity contribution in [3.8, 4) is 11.1 Å². The first-order valence-electron chi connectivity index (χ1n) is 13.6. The van der Waals surface area contributed by atoms with Crippen LogP contribution in [-0.4, -0.2) is 62.9 Å². The number of carbonyl (C=O) groups excluding carboxylic acids is 1. The quantitative estimate of drug-likeness (QED) is 0.196. The number of nitrogens with zero attached hydrogens (tertiary/aromatic N) is 6. The zero-order valence-electron chi connectivity index (χ0n) is 23.7. The molecule has 0 radical (unpaired) electrons. The van der Waals surface area contributed by atoms with E-state index in [1.54, 1.807) is 11.6 Å². The van der Waals surface area contributed by atoms with Crippen LogP contribution in [0.15, 0.2) is 64.5 Å². The second-order valence-electron chi connectivity index (χ2n) is 9.99. The Kier molecular flexibility index (Phi) is 9.60. The molecule has 1 aromatic heterocycles. The third kappa shape index (κ3) is 6.90. The number of carbonyl (C=O) groups is 1. The van der Waals surface area contributed by atoms with Crippen LogP contribution in [0, 0.1) is 0 Å². The van der Waals surface area contributed by atoms with E-state index >= 15 is 0 Å². The number of thiocarbonyl (C=S) groups is 1. The number of fused-ring (bicyclic) bond motifs is 1. The summed E-state index contributed by atoms with van der Waals surface area (Å²) >= 11 is 5.26. The number of hydrogen-bond donors (Lipinski definition) is 1. The summed E-state index contributed by atoms with van der Waals surface area (Å²) in [4.78, 5) is 24.3. The molecule has 3 aromatic rings. The lowest BCUT2D eigenvalue weighted by molar-refractivity contribution is -0.127. The highest BCUT2D eigenvalue weighted by molar-refractivity contribution is 7.79. The van der Waals surface area contributed by atoms with E-state index < -0.39 is 0 Å². The summed E-state index contributed by atoms with van der Waals surface area (Å²) in [5.41, 5.74) is 12.4. The summed E-state index contributed by atoms with van der Waals surface area (Å²) in [5, 5.41) is 8.12. The molecule has 2 N–H and O–H groups in total. The number of hydrazone groups is 1. The molecular weight excluding hydrogens is 518 g/mol. The zero-order chi connectivity index (χ0) is 28.6. The molecule has 40 heavy (non-hydrogen) atoms. The Morgan fingerprint density at radius 2 is 1.85 bits per heavy atom. The van der Waals surface area contributed by atoms with E-state index in [2.05, 4.69) is 35.0 Å². The smallest absolute Gasteiger partial charge is 0.250 e. The van der Waals surface area contributed by atoms with E-state index in [1.807, 2.05) is 77.4 Å². The van der Waals surface area contributed by atoms with E-state index in [9.17, 15) is 4.79 Å². The van der Waals surface area contributed by atoms with Crippen molar-refractivity contribution in [3.05, 3.63) is 76.9 Å². The topological polar surface area (TPSA) is 92.1 Å². The largest absolute Gasteiger partial charge is 0.387 e. The molecule has 1 amide bonds. The molecule has 4 rings (SSSR count). The van der Waals surface area contributed by atoms with Crippen LogP contribution in [0.25, 0.3) is 17.2 Å². The number of amides is 1. The lowest BCUT2D eigenvalue weighted by Gasteiger charge is -2.22. The van der Waals surface area contributed by atoms with Gasteiger partial charge in [0.05, 0.1) is 18.4 Å². The molecular formula is C31H37N7OS. The molecule has 1 aliphatic rings. The molecule has 0 saturated carbocycles. The molecule has 0 atom stereocenters. The van der Waals surface area contributed by atoms with Gasteiger partial charge in [0.1, 0.15) is 11.7 Å². The fourth-order valence-electron chi connectivity index (χ4n) is 4.69. The number of hydrogen-bond acceptors (Lipinski definition) is 7. The molecule has 208 valence electrons. The van der Waals surface area contributed by atoms with Crippen LogP contribution in [0.4, 0.5) is 5.69 Å². The molecule has 1 aliphatic heterocycles. The van der Waals surface area contributed by atoms with Gasteiger partial charge in [0.2, 0.25) is 5.91 Å². The average molecular weight is 556 g/mol. The van der Waals surface area contributed by atoms with Gasteiger partial charge in [-0.15, -0.1) is 0 Å². The van der Waals surface area contributed by atoms with Crippen molar-refractivity contribution >= 4 is 47.3 Å². The monoisotopic (exact) mass is 555 g/mol. The van der Waals surface area contributed by atoms with E-state index in [0.717, 1.165) is 65.3 Å². The van der Waals surface area contributed by atoms with Crippen molar-refractivity contribution in [2.24, 2.45) is 22.9 Å². The first-order chi connectivity index (χ1) is 19.3. The number of aryl methyl sites for hydroxylation is 1. The summed E-state index contributed by atoms with van der Waals surface area (Å²) < 4.78 is 1.98. The molecule has 9 heteroatoms. The molecule has 0 aliphatic carbocycles. The highest BCUT2D eigenvalue weighted by Gasteiger charge is 2.21. The predicted molar refractivity (Wildman–Crippen MR) is 168 cm³/mol. The molecule has 0 unspecified atom stereocenters. The SMILES string of the molecule is CCCN(CCC)C(=O)C1=Cc2ccc(-c3ccc(C=S)c(/C=N\N(C)Cc4nccn4C)c3)cc2N=C(N)C1. The van der Waals surface area contributed by atoms with E-state index in [4.69, 9.17) is 18.0 Å². The van der Waals surface area contributed by atoms with Crippen molar-refractivity contribution in [1.82, 2.24) is 19.5 Å². The highest BCUT2D eigenvalue weighted by Crippen LogP contribution is 2.32. The number of nitrogens with two attached hydrogens (primary N) is 1. The zero-order valence-corrected chi connectivity index (χ0v) is 24.5. The van der Waals surface area contributed by atoms with Gasteiger partial charge in [-0.25, -0.2) is 9.98 Å². The van der Waals surface area contributed by atoms with Crippen molar-refractivity contribution in [2.45, 2.75) is 39.7 Å². The van der Waals surface area contributed by atoms with Crippen molar-refractivity contribution in [1.29, 1.82) is 0 Å². The number of aliphatic imine (C=N–C) groups is 1. The first-order valence-corrected chi connectivity index (χ1v) is 14.1. The third-order valence-electron chi connectivity index (χ3n) is 6.78. The van der Waals surface area contributed by atoms with Gasteiger partial charge in [-0.1, -0.05) is 50.3 Å². The lowest BCUT2D eigenvalue weighted by atomic mass is 9.98. The average Bonchev–Trinajstić information content (AvgIpc) is 3.26. The van der Waals surface area contributed by atoms with Gasteiger partial charge in [0.15, 0.2) is 0 Å². The molecule has 2 heterocycles. The van der Waals surface area contributed by atoms with E-state index in [1.165, 1.54) is 0 Å². The van der Waals surface area contributed by atoms with Crippen molar-refractivity contribution in [3.63, 3.8) is 0 Å². The van der Waals surface area contributed by atoms with Gasteiger partial charge in [0, 0.05) is 68.1 Å². The van der Waals surface area contributed by atoms with Gasteiger partial charge in [0.25, 0.3) is 0 Å². The van der Waals surface area contributed by atoms with E-state index in [-0.39, 0.29) is 5.91 Å². The standard InChI is InChI=1S/C31H37N7OS/c1-5-12-38(13-6-2)31(39)26-16-24-9-7-23(17-28(24)35-29(32)18-26)22-8-10-25(21-40)27(15-22)19-34-37(4)20-30-33-11-14-36(30)3/h7-11,14-17,19,21H,5-6,12-13,18,20H2,1-4H3,(H2,32,35)/b34-19-. The second-order valence-corrected chi connectivity index (χ2v) is 10.2. The van der Waals surface area contributed by atoms with Gasteiger partial charge in [-0.2, -0.15) is 5.10 Å². The third-order valence-corrected chi connectivity index (χ3v) is 7.03. The molecule has 2 aromatic carbocycles. The molecule has 0 spiro atoms. The van der Waals surface area contributed by atoms with Crippen LogP contribution >= 0.6 is 12.2 Å². The lowest BCUT2D eigenvalue weighted by Crippen LogP contribution is -2.34. The van der Waals surface area contributed by atoms with E-state index in [0.29, 0.717) is 24.4 Å². The number of amidine groups is 1. The van der Waals surface area contributed by atoms with Crippen LogP contribution in [0.1, 0.15) is 55.6 Å². The van der Waals surface area contributed by atoms with Gasteiger partial charge >= 0.3 is 0 Å². The summed E-state index contributed by atoms with van der Waals surface area (Å²) in [5.74, 6) is 1.39. The van der Waals surface area contributed by atoms with Crippen LogP contribution in [-0.2, 0) is 18.4 Å². The minimum absolute atomic E-state index is 0.0336. The Bertz CT molecular complexity index is 1460. The Labute approximate surface area is 241 Å². The van der Waals surface area contributed by atoms with Crippen LogP contribution in [0.5, 0.6) is 0 Å². The van der Waals surface area contributed by atoms with Crippen molar-refractivity contribution < 1.29 is 4.79 Å². The Balaban J connectivity index is 1.62. The van der Waals surface area contributed by atoms with Crippen LogP contribution in [0.2, 0.25) is 0 Å². The maximum absolute atomic E-state index is 13.3.